The molecule has 1 fully saturated rings. The third-order valence-corrected chi connectivity index (χ3v) is 4.66. The number of amides is 1. The fourth-order valence-electron chi connectivity index (χ4n) is 3.09. The van der Waals surface area contributed by atoms with E-state index in [0.29, 0.717) is 18.8 Å². The Hall–Kier alpha value is -2.44. The summed E-state index contributed by atoms with van der Waals surface area (Å²) in [6, 6.07) is 9.45. The molecule has 0 radical (unpaired) electrons. The zero-order chi connectivity index (χ0) is 18.5. The van der Waals surface area contributed by atoms with Gasteiger partial charge in [-0.15, -0.1) is 0 Å². The van der Waals surface area contributed by atoms with Crippen LogP contribution in [0.2, 0.25) is 0 Å². The molecule has 1 aliphatic rings. The summed E-state index contributed by atoms with van der Waals surface area (Å²) < 4.78 is 5.15. The summed E-state index contributed by atoms with van der Waals surface area (Å²) in [5.41, 5.74) is 3.06. The standard InChI is InChI=1S/C20H25N3O3/c1-15-5-6-16(2)17(12-15)21-20(25)14-23-9-7-22(8-10-23)13-18(24)19-4-3-11-26-19/h3-6,11-12H,7-10,13-14H2,1-2H3,(H,21,25). The zero-order valence-corrected chi connectivity index (χ0v) is 15.3. The molecule has 1 aliphatic heterocycles. The van der Waals surface area contributed by atoms with Crippen molar-refractivity contribution in [3.8, 4) is 0 Å². The van der Waals surface area contributed by atoms with E-state index in [9.17, 15) is 9.59 Å². The first-order valence-electron chi connectivity index (χ1n) is 8.90. The van der Waals surface area contributed by atoms with E-state index in [1.54, 1.807) is 12.1 Å². The number of carbonyl (C=O) groups excluding carboxylic acids is 2. The molecule has 3 rings (SSSR count). The molecule has 2 heterocycles. The molecule has 1 amide bonds. The number of piperazine rings is 1. The van der Waals surface area contributed by atoms with Gasteiger partial charge in [-0.1, -0.05) is 12.1 Å². The molecular formula is C20H25N3O3. The van der Waals surface area contributed by atoms with E-state index in [-0.39, 0.29) is 11.7 Å². The van der Waals surface area contributed by atoms with Crippen LogP contribution in [0, 0.1) is 13.8 Å². The van der Waals surface area contributed by atoms with Gasteiger partial charge in [0, 0.05) is 31.9 Å². The lowest BCUT2D eigenvalue weighted by Gasteiger charge is -2.33. The van der Waals surface area contributed by atoms with E-state index < -0.39 is 0 Å². The first-order chi connectivity index (χ1) is 12.5. The van der Waals surface area contributed by atoms with Gasteiger partial charge in [-0.2, -0.15) is 0 Å². The van der Waals surface area contributed by atoms with Crippen molar-refractivity contribution in [3.63, 3.8) is 0 Å². The highest BCUT2D eigenvalue weighted by atomic mass is 16.3. The van der Waals surface area contributed by atoms with Crippen molar-refractivity contribution in [2.24, 2.45) is 0 Å². The molecule has 0 aliphatic carbocycles. The van der Waals surface area contributed by atoms with Gasteiger partial charge in [0.05, 0.1) is 19.4 Å². The lowest BCUT2D eigenvalue weighted by Crippen LogP contribution is -2.49. The van der Waals surface area contributed by atoms with Crippen molar-refractivity contribution < 1.29 is 14.0 Å². The summed E-state index contributed by atoms with van der Waals surface area (Å²) in [4.78, 5) is 28.6. The molecule has 1 aromatic heterocycles. The quantitative estimate of drug-likeness (QED) is 0.806. The number of hydrogen-bond donors (Lipinski definition) is 1. The van der Waals surface area contributed by atoms with Crippen LogP contribution < -0.4 is 5.32 Å². The van der Waals surface area contributed by atoms with Crippen LogP contribution in [0.5, 0.6) is 0 Å². The Bertz CT molecular complexity index is 763. The second-order valence-electron chi connectivity index (χ2n) is 6.82. The number of hydrogen-bond acceptors (Lipinski definition) is 5. The van der Waals surface area contributed by atoms with Gasteiger partial charge in [0.15, 0.2) is 5.76 Å². The minimum atomic E-state index is -0.00360. The largest absolute Gasteiger partial charge is 0.461 e. The lowest BCUT2D eigenvalue weighted by atomic mass is 10.1. The van der Waals surface area contributed by atoms with Gasteiger partial charge < -0.3 is 9.73 Å². The predicted octanol–water partition coefficient (Wildman–Crippen LogP) is 2.34. The van der Waals surface area contributed by atoms with Crippen LogP contribution in [0.15, 0.2) is 41.0 Å². The summed E-state index contributed by atoms with van der Waals surface area (Å²) in [5.74, 6) is 0.398. The average molecular weight is 355 g/mol. The number of furan rings is 1. The summed E-state index contributed by atoms with van der Waals surface area (Å²) in [6.45, 7) is 7.80. The monoisotopic (exact) mass is 355 g/mol. The number of benzene rings is 1. The summed E-state index contributed by atoms with van der Waals surface area (Å²) in [7, 11) is 0. The number of nitrogens with zero attached hydrogens (tertiary/aromatic N) is 2. The third-order valence-electron chi connectivity index (χ3n) is 4.66. The van der Waals surface area contributed by atoms with E-state index in [4.69, 9.17) is 4.42 Å². The van der Waals surface area contributed by atoms with E-state index in [1.807, 2.05) is 32.0 Å². The number of carbonyl (C=O) groups is 2. The van der Waals surface area contributed by atoms with Crippen molar-refractivity contribution in [1.82, 2.24) is 9.80 Å². The van der Waals surface area contributed by atoms with Gasteiger partial charge in [0.2, 0.25) is 11.7 Å². The number of anilines is 1. The zero-order valence-electron chi connectivity index (χ0n) is 15.3. The van der Waals surface area contributed by atoms with E-state index in [0.717, 1.165) is 43.0 Å². The molecule has 1 aromatic carbocycles. The summed E-state index contributed by atoms with van der Waals surface area (Å²) in [6.07, 6.45) is 1.51. The minimum absolute atomic E-state index is 0.00110. The Labute approximate surface area is 153 Å². The van der Waals surface area contributed by atoms with Gasteiger partial charge in [-0.05, 0) is 43.2 Å². The highest BCUT2D eigenvalue weighted by molar-refractivity contribution is 5.95. The number of rotatable bonds is 6. The Balaban J connectivity index is 1.44. The molecule has 6 heteroatoms. The van der Waals surface area contributed by atoms with Crippen LogP contribution in [0.1, 0.15) is 21.7 Å². The Kier molecular flexibility index (Phi) is 5.85. The minimum Gasteiger partial charge on any atom is -0.461 e. The molecule has 0 spiro atoms. The molecule has 1 N–H and O–H groups in total. The number of aryl methyl sites for hydroxylation is 2. The first kappa shape index (κ1) is 18.4. The second-order valence-corrected chi connectivity index (χ2v) is 6.82. The van der Waals surface area contributed by atoms with E-state index in [1.165, 1.54) is 6.26 Å². The molecule has 26 heavy (non-hydrogen) atoms. The first-order valence-corrected chi connectivity index (χ1v) is 8.90. The molecule has 0 atom stereocenters. The summed E-state index contributed by atoms with van der Waals surface area (Å²) >= 11 is 0. The van der Waals surface area contributed by atoms with Crippen molar-refractivity contribution >= 4 is 17.4 Å². The van der Waals surface area contributed by atoms with Gasteiger partial charge >= 0.3 is 0 Å². The highest BCUT2D eigenvalue weighted by Crippen LogP contribution is 2.16. The maximum Gasteiger partial charge on any atom is 0.238 e. The Morgan fingerprint density at radius 2 is 1.73 bits per heavy atom. The van der Waals surface area contributed by atoms with Crippen molar-refractivity contribution in [2.75, 3.05) is 44.6 Å². The van der Waals surface area contributed by atoms with Crippen LogP contribution in [-0.2, 0) is 4.79 Å². The van der Waals surface area contributed by atoms with E-state index in [2.05, 4.69) is 15.1 Å². The third kappa shape index (κ3) is 4.80. The van der Waals surface area contributed by atoms with Gasteiger partial charge in [-0.3, -0.25) is 19.4 Å². The Morgan fingerprint density at radius 1 is 1.04 bits per heavy atom. The fourth-order valence-corrected chi connectivity index (χ4v) is 3.09. The second kappa shape index (κ2) is 8.29. The van der Waals surface area contributed by atoms with Crippen LogP contribution in [0.3, 0.4) is 0 Å². The smallest absolute Gasteiger partial charge is 0.238 e. The van der Waals surface area contributed by atoms with Gasteiger partial charge in [0.1, 0.15) is 0 Å². The SMILES string of the molecule is Cc1ccc(C)c(NC(=O)CN2CCN(CC(=O)c3ccco3)CC2)c1. The van der Waals surface area contributed by atoms with Crippen LogP contribution in [-0.4, -0.2) is 60.8 Å². The highest BCUT2D eigenvalue weighted by Gasteiger charge is 2.22. The maximum absolute atomic E-state index is 12.3. The molecule has 2 aromatic rings. The lowest BCUT2D eigenvalue weighted by molar-refractivity contribution is -0.117. The maximum atomic E-state index is 12.3. The predicted molar refractivity (Wildman–Crippen MR) is 100 cm³/mol. The molecule has 0 saturated carbocycles. The molecular weight excluding hydrogens is 330 g/mol. The average Bonchev–Trinajstić information content (AvgIpc) is 3.14. The topological polar surface area (TPSA) is 65.8 Å². The molecule has 0 bridgehead atoms. The number of nitrogens with one attached hydrogen (secondary N) is 1. The molecule has 138 valence electrons. The molecule has 0 unspecified atom stereocenters. The van der Waals surface area contributed by atoms with Crippen LogP contribution >= 0.6 is 0 Å². The summed E-state index contributed by atoms with van der Waals surface area (Å²) in [5, 5.41) is 3.00. The number of Topliss-reactive ketones (excluding diaryl/α,β-unsaturated/α-hetero) is 1. The van der Waals surface area contributed by atoms with Crippen molar-refractivity contribution in [2.45, 2.75) is 13.8 Å². The normalized spacial score (nSPS) is 15.8. The number of ketones is 1. The fraction of sp³-hybridized carbons (Fsp3) is 0.400. The molecule has 1 saturated heterocycles. The van der Waals surface area contributed by atoms with Gasteiger partial charge in [-0.25, -0.2) is 0 Å². The van der Waals surface area contributed by atoms with Crippen LogP contribution in [0.4, 0.5) is 5.69 Å². The van der Waals surface area contributed by atoms with Crippen LogP contribution in [0.25, 0.3) is 0 Å². The van der Waals surface area contributed by atoms with Crippen molar-refractivity contribution in [1.29, 1.82) is 0 Å². The van der Waals surface area contributed by atoms with Gasteiger partial charge in [0.25, 0.3) is 0 Å². The van der Waals surface area contributed by atoms with Crippen molar-refractivity contribution in [3.05, 3.63) is 53.5 Å². The Morgan fingerprint density at radius 3 is 2.38 bits per heavy atom. The molecule has 6 nitrogen and oxygen atoms in total. The van der Waals surface area contributed by atoms with E-state index >= 15 is 0 Å².